The van der Waals surface area contributed by atoms with Crippen LogP contribution in [0.25, 0.3) is 11.3 Å². The zero-order valence-corrected chi connectivity index (χ0v) is 15.1. The Morgan fingerprint density at radius 2 is 1.82 bits per heavy atom. The average Bonchev–Trinajstić information content (AvgIpc) is 3.08. The van der Waals surface area contributed by atoms with Crippen LogP contribution in [0.15, 0.2) is 54.0 Å². The molecule has 4 nitrogen and oxygen atoms in total. The molecule has 0 atom stereocenters. The van der Waals surface area contributed by atoms with Crippen molar-refractivity contribution < 1.29 is 27.1 Å². The molecule has 0 aliphatic rings. The number of nitrogens with one attached hydrogen (secondary N) is 1. The average molecular weight is 410 g/mol. The van der Waals surface area contributed by atoms with Crippen LogP contribution in [0.5, 0.6) is 5.75 Å². The van der Waals surface area contributed by atoms with Gasteiger partial charge in [0.1, 0.15) is 22.3 Å². The zero-order valence-electron chi connectivity index (χ0n) is 14.3. The summed E-state index contributed by atoms with van der Waals surface area (Å²) in [5.74, 6) is -1.09. The number of hydrogen-bond donors (Lipinski definition) is 1. The van der Waals surface area contributed by atoms with E-state index in [1.807, 2.05) is 0 Å². The first-order valence-corrected chi connectivity index (χ1v) is 9.03. The number of para-hydroxylation sites is 1. The molecule has 9 heteroatoms. The molecule has 0 bridgehead atoms. The van der Waals surface area contributed by atoms with Crippen LogP contribution in [0.4, 0.5) is 22.6 Å². The van der Waals surface area contributed by atoms with Gasteiger partial charge in [0.2, 0.25) is 5.91 Å². The second kappa shape index (κ2) is 8.39. The van der Waals surface area contributed by atoms with Crippen LogP contribution >= 0.6 is 11.3 Å². The van der Waals surface area contributed by atoms with Crippen LogP contribution in [0.2, 0.25) is 0 Å². The minimum atomic E-state index is -4.80. The van der Waals surface area contributed by atoms with Crippen LogP contribution in [-0.2, 0) is 11.2 Å². The van der Waals surface area contributed by atoms with E-state index < -0.39 is 6.36 Å². The minimum absolute atomic E-state index is 0.0427. The van der Waals surface area contributed by atoms with E-state index in [9.17, 15) is 22.4 Å². The Bertz CT molecular complexity index is 955. The predicted octanol–water partition coefficient (Wildman–Crippen LogP) is 5.42. The number of benzene rings is 2. The van der Waals surface area contributed by atoms with Crippen molar-refractivity contribution in [2.45, 2.75) is 19.2 Å². The molecule has 0 spiro atoms. The molecule has 3 rings (SSSR count). The molecule has 1 aromatic heterocycles. The first-order chi connectivity index (χ1) is 13.3. The summed E-state index contributed by atoms with van der Waals surface area (Å²) in [5, 5.41) is 3.18. The highest BCUT2D eigenvalue weighted by Gasteiger charge is 2.32. The van der Waals surface area contributed by atoms with E-state index in [1.165, 1.54) is 41.7 Å². The van der Waals surface area contributed by atoms with Gasteiger partial charge in [0.05, 0.1) is 5.51 Å². The highest BCUT2D eigenvalue weighted by atomic mass is 32.1. The number of thiazole rings is 1. The maximum Gasteiger partial charge on any atom is 0.573 e. The van der Waals surface area contributed by atoms with Crippen molar-refractivity contribution in [3.8, 4) is 17.0 Å². The summed E-state index contributed by atoms with van der Waals surface area (Å²) >= 11 is 1.20. The Morgan fingerprint density at radius 1 is 1.11 bits per heavy atom. The summed E-state index contributed by atoms with van der Waals surface area (Å²) in [7, 11) is 0. The molecular formula is C19H14F4N2O2S. The van der Waals surface area contributed by atoms with E-state index in [-0.39, 0.29) is 35.9 Å². The van der Waals surface area contributed by atoms with Gasteiger partial charge in [-0.1, -0.05) is 18.2 Å². The number of alkyl halides is 3. The van der Waals surface area contributed by atoms with Gasteiger partial charge in [0, 0.05) is 12.0 Å². The molecule has 28 heavy (non-hydrogen) atoms. The van der Waals surface area contributed by atoms with E-state index in [0.29, 0.717) is 16.3 Å². The van der Waals surface area contributed by atoms with Gasteiger partial charge in [0.25, 0.3) is 0 Å². The lowest BCUT2D eigenvalue weighted by Crippen LogP contribution is -2.18. The van der Waals surface area contributed by atoms with E-state index in [2.05, 4.69) is 15.0 Å². The number of aromatic nitrogens is 1. The van der Waals surface area contributed by atoms with Gasteiger partial charge in [-0.15, -0.1) is 24.5 Å². The number of aryl methyl sites for hydroxylation is 1. The minimum Gasteiger partial charge on any atom is -0.406 e. The number of amides is 1. The van der Waals surface area contributed by atoms with Crippen molar-refractivity contribution >= 4 is 22.2 Å². The van der Waals surface area contributed by atoms with Gasteiger partial charge >= 0.3 is 6.36 Å². The lowest BCUT2D eigenvalue weighted by Gasteiger charge is -2.13. The van der Waals surface area contributed by atoms with E-state index in [4.69, 9.17) is 0 Å². The monoisotopic (exact) mass is 410 g/mol. The SMILES string of the molecule is O=C(CCc1ccccc1OC(F)(F)F)Nc1scnc1-c1ccc(F)cc1. The van der Waals surface area contributed by atoms with Crippen molar-refractivity contribution in [2.24, 2.45) is 0 Å². The third kappa shape index (κ3) is 5.29. The number of anilines is 1. The lowest BCUT2D eigenvalue weighted by atomic mass is 10.1. The number of rotatable bonds is 6. The fourth-order valence-corrected chi connectivity index (χ4v) is 3.24. The summed E-state index contributed by atoms with van der Waals surface area (Å²) in [5.41, 5.74) is 2.96. The molecule has 3 aromatic rings. The molecule has 0 saturated carbocycles. The van der Waals surface area contributed by atoms with Gasteiger partial charge in [-0.2, -0.15) is 0 Å². The van der Waals surface area contributed by atoms with Crippen LogP contribution in [0.1, 0.15) is 12.0 Å². The molecule has 1 heterocycles. The molecule has 0 radical (unpaired) electrons. The summed E-state index contributed by atoms with van der Waals surface area (Å²) in [6.45, 7) is 0. The Morgan fingerprint density at radius 3 is 2.54 bits per heavy atom. The predicted molar refractivity (Wildman–Crippen MR) is 97.6 cm³/mol. The van der Waals surface area contributed by atoms with Gasteiger partial charge in [0.15, 0.2) is 0 Å². The molecule has 0 aliphatic heterocycles. The number of carbonyl (C=O) groups is 1. The molecule has 0 unspecified atom stereocenters. The molecule has 1 N–H and O–H groups in total. The lowest BCUT2D eigenvalue weighted by molar-refractivity contribution is -0.274. The summed E-state index contributed by atoms with van der Waals surface area (Å²) in [6, 6.07) is 11.4. The maximum absolute atomic E-state index is 13.1. The standard InChI is InChI=1S/C19H14F4N2O2S/c20-14-8-5-13(6-9-14)17-18(28-11-24-17)25-16(26)10-7-12-3-1-2-4-15(12)27-19(21,22)23/h1-6,8-9,11H,7,10H2,(H,25,26). The molecule has 0 saturated heterocycles. The number of halogens is 4. The topological polar surface area (TPSA) is 51.2 Å². The Hall–Kier alpha value is -2.94. The van der Waals surface area contributed by atoms with Crippen LogP contribution in [0.3, 0.4) is 0 Å². The van der Waals surface area contributed by atoms with E-state index in [0.717, 1.165) is 0 Å². The van der Waals surface area contributed by atoms with E-state index in [1.54, 1.807) is 23.7 Å². The van der Waals surface area contributed by atoms with Gasteiger partial charge in [-0.3, -0.25) is 4.79 Å². The number of carbonyl (C=O) groups excluding carboxylic acids is 1. The second-order valence-corrected chi connectivity index (χ2v) is 6.60. The Kier molecular flexibility index (Phi) is 5.93. The number of hydrogen-bond acceptors (Lipinski definition) is 4. The Balaban J connectivity index is 1.65. The van der Waals surface area contributed by atoms with Gasteiger partial charge in [-0.05, 0) is 42.3 Å². The molecular weight excluding hydrogens is 396 g/mol. The maximum atomic E-state index is 13.1. The molecule has 1 amide bonds. The third-order valence-corrected chi connectivity index (χ3v) is 4.50. The molecule has 0 fully saturated rings. The first kappa shape index (κ1) is 19.8. The van der Waals surface area contributed by atoms with E-state index >= 15 is 0 Å². The van der Waals surface area contributed by atoms with Crippen LogP contribution in [0, 0.1) is 5.82 Å². The largest absolute Gasteiger partial charge is 0.573 e. The quantitative estimate of drug-likeness (QED) is 0.552. The molecule has 146 valence electrons. The fraction of sp³-hybridized carbons (Fsp3) is 0.158. The van der Waals surface area contributed by atoms with Crippen molar-refractivity contribution in [1.29, 1.82) is 0 Å². The second-order valence-electron chi connectivity index (χ2n) is 5.74. The highest BCUT2D eigenvalue weighted by molar-refractivity contribution is 7.14. The molecule has 2 aromatic carbocycles. The number of ether oxygens (including phenoxy) is 1. The van der Waals surface area contributed by atoms with Crippen LogP contribution < -0.4 is 10.1 Å². The summed E-state index contributed by atoms with van der Waals surface area (Å²) < 4.78 is 54.5. The number of nitrogens with zero attached hydrogens (tertiary/aromatic N) is 1. The summed E-state index contributed by atoms with van der Waals surface area (Å²) in [6.07, 6.45) is -4.77. The third-order valence-electron chi connectivity index (χ3n) is 3.76. The Labute approximate surface area is 161 Å². The first-order valence-electron chi connectivity index (χ1n) is 8.15. The van der Waals surface area contributed by atoms with Crippen LogP contribution in [-0.4, -0.2) is 17.3 Å². The van der Waals surface area contributed by atoms with Crippen molar-refractivity contribution in [1.82, 2.24) is 4.98 Å². The summed E-state index contributed by atoms with van der Waals surface area (Å²) in [4.78, 5) is 16.4. The highest BCUT2D eigenvalue weighted by Crippen LogP contribution is 2.31. The van der Waals surface area contributed by atoms with Crippen molar-refractivity contribution in [3.63, 3.8) is 0 Å². The van der Waals surface area contributed by atoms with Gasteiger partial charge in [-0.25, -0.2) is 9.37 Å². The van der Waals surface area contributed by atoms with Gasteiger partial charge < -0.3 is 10.1 Å². The molecule has 0 aliphatic carbocycles. The smallest absolute Gasteiger partial charge is 0.406 e. The van der Waals surface area contributed by atoms with Crippen molar-refractivity contribution in [3.05, 3.63) is 65.4 Å². The fourth-order valence-electron chi connectivity index (χ4n) is 2.52. The van der Waals surface area contributed by atoms with Crippen molar-refractivity contribution in [2.75, 3.05) is 5.32 Å². The normalized spacial score (nSPS) is 11.3. The zero-order chi connectivity index (χ0) is 20.1.